The van der Waals surface area contributed by atoms with E-state index in [1.54, 1.807) is 6.07 Å². The van der Waals surface area contributed by atoms with Gasteiger partial charge in [-0.05, 0) is 12.5 Å². The van der Waals surface area contributed by atoms with Crippen molar-refractivity contribution in [2.24, 2.45) is 0 Å². The number of aromatic nitrogens is 5. The van der Waals surface area contributed by atoms with Crippen LogP contribution in [0.2, 0.25) is 0 Å². The first kappa shape index (κ1) is 24.5. The molecule has 4 aromatic rings. The molecule has 1 saturated heterocycles. The zero-order chi connectivity index (χ0) is 25.5. The van der Waals surface area contributed by atoms with Gasteiger partial charge < -0.3 is 24.6 Å². The maximum Gasteiger partial charge on any atom is 0.228 e. The van der Waals surface area contributed by atoms with Crippen LogP contribution in [0.4, 0.5) is 17.6 Å². The third-order valence-electron chi connectivity index (χ3n) is 5.81. The maximum atomic E-state index is 5.99. The van der Waals surface area contributed by atoms with E-state index in [9.17, 15) is 0 Å². The van der Waals surface area contributed by atoms with Crippen LogP contribution in [0.3, 0.4) is 0 Å². The summed E-state index contributed by atoms with van der Waals surface area (Å²) in [5.74, 6) is 2.66. The van der Waals surface area contributed by atoms with Crippen molar-refractivity contribution in [1.82, 2.24) is 30.2 Å². The number of nitrogens with zero attached hydrogens (tertiary/aromatic N) is 5. The highest BCUT2D eigenvalue weighted by Gasteiger charge is 2.13. The molecule has 3 aromatic heterocycles. The van der Waals surface area contributed by atoms with Crippen LogP contribution in [0.25, 0.3) is 16.8 Å². The molecule has 3 N–H and O–H groups in total. The van der Waals surface area contributed by atoms with Gasteiger partial charge in [-0.1, -0.05) is 42.1 Å². The third kappa shape index (κ3) is 6.72. The Morgan fingerprint density at radius 2 is 1.95 bits per heavy atom. The molecule has 37 heavy (non-hydrogen) atoms. The molecule has 0 aliphatic carbocycles. The second kappa shape index (κ2) is 11.7. The molecule has 0 radical (unpaired) electrons. The summed E-state index contributed by atoms with van der Waals surface area (Å²) in [7, 11) is 0. The van der Waals surface area contributed by atoms with Gasteiger partial charge in [0.2, 0.25) is 11.8 Å². The molecule has 0 unspecified atom stereocenters. The van der Waals surface area contributed by atoms with Gasteiger partial charge in [0, 0.05) is 43.4 Å². The first-order valence-corrected chi connectivity index (χ1v) is 12.2. The minimum atomic E-state index is 0.360. The fourth-order valence-electron chi connectivity index (χ4n) is 3.79. The summed E-state index contributed by atoms with van der Waals surface area (Å²) >= 11 is 0. The molecule has 0 saturated carbocycles. The Morgan fingerprint density at radius 1 is 1.11 bits per heavy atom. The molecule has 0 amide bonds. The van der Waals surface area contributed by atoms with Crippen LogP contribution in [0, 0.1) is 0 Å². The normalized spacial score (nSPS) is 13.9. The third-order valence-corrected chi connectivity index (χ3v) is 5.81. The Bertz CT molecular complexity index is 1310. The SMILES string of the molecule is C=C(C)c1cc(Nc2cc(OCCN3CCOCC3)nc(NCc3cc(-c4ccccc4)no3)n2)n[nH]1. The van der Waals surface area contributed by atoms with Crippen molar-refractivity contribution in [1.29, 1.82) is 0 Å². The topological polar surface area (TPSA) is 126 Å². The number of nitrogens with one attached hydrogen (secondary N) is 3. The maximum absolute atomic E-state index is 5.99. The summed E-state index contributed by atoms with van der Waals surface area (Å²) in [6.07, 6.45) is 0. The van der Waals surface area contributed by atoms with E-state index < -0.39 is 0 Å². The van der Waals surface area contributed by atoms with Gasteiger partial charge in [-0.15, -0.1) is 0 Å². The predicted octanol–water partition coefficient (Wildman–Crippen LogP) is 3.95. The summed E-state index contributed by atoms with van der Waals surface area (Å²) in [6.45, 7) is 10.8. The lowest BCUT2D eigenvalue weighted by Gasteiger charge is -2.26. The lowest BCUT2D eigenvalue weighted by atomic mass is 10.1. The van der Waals surface area contributed by atoms with Gasteiger partial charge in [-0.2, -0.15) is 15.1 Å². The van der Waals surface area contributed by atoms with E-state index in [0.29, 0.717) is 42.4 Å². The molecular formula is C26H30N8O3. The fourth-order valence-corrected chi connectivity index (χ4v) is 3.79. The number of anilines is 3. The second-order valence-corrected chi connectivity index (χ2v) is 8.69. The smallest absolute Gasteiger partial charge is 0.228 e. The molecule has 1 fully saturated rings. The first-order chi connectivity index (χ1) is 18.1. The largest absolute Gasteiger partial charge is 0.476 e. The van der Waals surface area contributed by atoms with Crippen molar-refractivity contribution in [3.8, 4) is 17.1 Å². The number of hydrogen-bond donors (Lipinski definition) is 3. The minimum absolute atomic E-state index is 0.360. The minimum Gasteiger partial charge on any atom is -0.476 e. The van der Waals surface area contributed by atoms with Crippen molar-refractivity contribution in [3.05, 3.63) is 66.6 Å². The average molecular weight is 503 g/mol. The van der Waals surface area contributed by atoms with E-state index in [4.69, 9.17) is 14.0 Å². The number of allylic oxidation sites excluding steroid dienone is 1. The number of morpholine rings is 1. The van der Waals surface area contributed by atoms with Crippen molar-refractivity contribution < 1.29 is 14.0 Å². The zero-order valence-corrected chi connectivity index (χ0v) is 20.7. The van der Waals surface area contributed by atoms with E-state index in [2.05, 4.69) is 47.4 Å². The van der Waals surface area contributed by atoms with E-state index >= 15 is 0 Å². The van der Waals surface area contributed by atoms with Crippen LogP contribution in [0.15, 0.2) is 59.6 Å². The lowest BCUT2D eigenvalue weighted by molar-refractivity contribution is 0.0320. The molecule has 11 heteroatoms. The molecular weight excluding hydrogens is 472 g/mol. The fraction of sp³-hybridized carbons (Fsp3) is 0.308. The number of benzene rings is 1. The van der Waals surface area contributed by atoms with Gasteiger partial charge in [-0.3, -0.25) is 10.00 Å². The van der Waals surface area contributed by atoms with Crippen LogP contribution in [0.1, 0.15) is 18.4 Å². The Morgan fingerprint density at radius 3 is 2.73 bits per heavy atom. The highest BCUT2D eigenvalue weighted by Crippen LogP contribution is 2.23. The monoisotopic (exact) mass is 502 g/mol. The zero-order valence-electron chi connectivity index (χ0n) is 20.7. The van der Waals surface area contributed by atoms with E-state index in [1.807, 2.05) is 49.4 Å². The number of rotatable bonds is 11. The number of aromatic amines is 1. The molecule has 1 aliphatic heterocycles. The van der Waals surface area contributed by atoms with Crippen LogP contribution >= 0.6 is 0 Å². The van der Waals surface area contributed by atoms with Crippen LogP contribution in [0.5, 0.6) is 5.88 Å². The summed E-state index contributed by atoms with van der Waals surface area (Å²) in [5.41, 5.74) is 3.49. The molecule has 11 nitrogen and oxygen atoms in total. The summed E-state index contributed by atoms with van der Waals surface area (Å²) in [6, 6.07) is 15.4. The Balaban J connectivity index is 1.28. The highest BCUT2D eigenvalue weighted by atomic mass is 16.5. The predicted molar refractivity (Wildman–Crippen MR) is 141 cm³/mol. The standard InChI is InChI=1S/C26H30N8O3/c1-18(2)21-15-24(32-31-21)28-23-16-25(36-13-10-34-8-11-35-12-9-34)30-26(29-23)27-17-20-14-22(33-37-20)19-6-4-3-5-7-19/h3-7,14-16H,1,8-13,17H2,2H3,(H3,27,28,29,30,31,32). The van der Waals surface area contributed by atoms with Crippen molar-refractivity contribution in [2.75, 3.05) is 50.1 Å². The summed E-state index contributed by atoms with van der Waals surface area (Å²) in [4.78, 5) is 11.4. The average Bonchev–Trinajstić information content (AvgIpc) is 3.59. The number of H-pyrrole nitrogens is 1. The Hall–Kier alpha value is -4.22. The molecule has 0 atom stereocenters. The summed E-state index contributed by atoms with van der Waals surface area (Å²) in [5, 5.41) is 17.8. The quantitative estimate of drug-likeness (QED) is 0.277. The van der Waals surface area contributed by atoms with Crippen molar-refractivity contribution >= 4 is 23.2 Å². The molecule has 1 aliphatic rings. The van der Waals surface area contributed by atoms with Crippen molar-refractivity contribution in [2.45, 2.75) is 13.5 Å². The van der Waals surface area contributed by atoms with Gasteiger partial charge in [0.25, 0.3) is 0 Å². The lowest BCUT2D eigenvalue weighted by Crippen LogP contribution is -2.38. The molecule has 1 aromatic carbocycles. The van der Waals surface area contributed by atoms with Gasteiger partial charge >= 0.3 is 0 Å². The van der Waals surface area contributed by atoms with Crippen LogP contribution in [-0.2, 0) is 11.3 Å². The Kier molecular flexibility index (Phi) is 7.72. The molecule has 5 rings (SSSR count). The second-order valence-electron chi connectivity index (χ2n) is 8.69. The van der Waals surface area contributed by atoms with Gasteiger partial charge in [0.05, 0.1) is 25.5 Å². The number of ether oxygens (including phenoxy) is 2. The molecule has 4 heterocycles. The summed E-state index contributed by atoms with van der Waals surface area (Å²) < 4.78 is 16.9. The highest BCUT2D eigenvalue weighted by molar-refractivity contribution is 5.63. The molecule has 0 spiro atoms. The van der Waals surface area contributed by atoms with E-state index in [-0.39, 0.29) is 0 Å². The van der Waals surface area contributed by atoms with Gasteiger partial charge in [0.1, 0.15) is 18.1 Å². The molecule has 0 bridgehead atoms. The van der Waals surface area contributed by atoms with E-state index in [1.165, 1.54) is 0 Å². The van der Waals surface area contributed by atoms with E-state index in [0.717, 1.165) is 55.4 Å². The molecule has 192 valence electrons. The Labute approximate surface area is 214 Å². The first-order valence-electron chi connectivity index (χ1n) is 12.2. The van der Waals surface area contributed by atoms with Crippen molar-refractivity contribution in [3.63, 3.8) is 0 Å². The van der Waals surface area contributed by atoms with Crippen LogP contribution in [-0.4, -0.2) is 69.7 Å². The van der Waals surface area contributed by atoms with Crippen LogP contribution < -0.4 is 15.4 Å². The number of hydrogen-bond acceptors (Lipinski definition) is 10. The van der Waals surface area contributed by atoms with Gasteiger partial charge in [-0.25, -0.2) is 0 Å². The van der Waals surface area contributed by atoms with Gasteiger partial charge in [0.15, 0.2) is 11.6 Å².